The Balaban J connectivity index is 1.46. The van der Waals surface area contributed by atoms with Crippen molar-refractivity contribution >= 4 is 17.3 Å². The zero-order valence-electron chi connectivity index (χ0n) is 13.8. The number of nitrogens with zero attached hydrogens (tertiary/aromatic N) is 1. The van der Waals surface area contributed by atoms with Crippen molar-refractivity contribution in [2.45, 2.75) is 13.3 Å². The summed E-state index contributed by atoms with van der Waals surface area (Å²) in [6, 6.07) is 8.06. The molecule has 1 aliphatic heterocycles. The molecule has 0 bridgehead atoms. The lowest BCUT2D eigenvalue weighted by Crippen LogP contribution is -2.40. The Kier molecular flexibility index (Phi) is 8.14. The predicted octanol–water partition coefficient (Wildman–Crippen LogP) is 1.56. The minimum Gasteiger partial charge on any atom is -0.492 e. The van der Waals surface area contributed by atoms with Crippen LogP contribution in [0, 0.1) is 6.92 Å². The normalized spacial score (nSPS) is 15.2. The second-order valence-corrected chi connectivity index (χ2v) is 6.06. The van der Waals surface area contributed by atoms with E-state index < -0.39 is 0 Å². The van der Waals surface area contributed by atoms with Crippen molar-refractivity contribution in [2.75, 3.05) is 52.5 Å². The second kappa shape index (κ2) is 10.4. The van der Waals surface area contributed by atoms with E-state index in [1.165, 1.54) is 5.56 Å². The highest BCUT2D eigenvalue weighted by molar-refractivity contribution is 7.80. The number of nitrogens with one attached hydrogen (secondary N) is 2. The smallest absolute Gasteiger partial charge is 0.166 e. The highest BCUT2D eigenvalue weighted by Crippen LogP contribution is 2.10. The van der Waals surface area contributed by atoms with Crippen molar-refractivity contribution in [1.29, 1.82) is 0 Å². The number of rotatable bonds is 8. The molecule has 0 aliphatic carbocycles. The topological polar surface area (TPSA) is 45.8 Å². The minimum atomic E-state index is 0.596. The van der Waals surface area contributed by atoms with Crippen LogP contribution in [0.25, 0.3) is 0 Å². The lowest BCUT2D eigenvalue weighted by atomic mass is 10.2. The molecule has 0 spiro atoms. The number of morpholine rings is 1. The average Bonchev–Trinajstić information content (AvgIpc) is 2.58. The van der Waals surface area contributed by atoms with Gasteiger partial charge >= 0.3 is 0 Å². The first-order valence-electron chi connectivity index (χ1n) is 8.25. The minimum absolute atomic E-state index is 0.596. The van der Waals surface area contributed by atoms with Gasteiger partial charge in [0.1, 0.15) is 12.4 Å². The van der Waals surface area contributed by atoms with Crippen molar-refractivity contribution in [1.82, 2.24) is 15.5 Å². The molecule has 23 heavy (non-hydrogen) atoms. The van der Waals surface area contributed by atoms with E-state index in [4.69, 9.17) is 21.7 Å². The van der Waals surface area contributed by atoms with Gasteiger partial charge in [0.05, 0.1) is 19.8 Å². The molecule has 1 fully saturated rings. The Morgan fingerprint density at radius 2 is 1.87 bits per heavy atom. The quantitative estimate of drug-likeness (QED) is 0.554. The molecule has 1 aliphatic rings. The van der Waals surface area contributed by atoms with Gasteiger partial charge in [-0.05, 0) is 44.2 Å². The Bertz CT molecular complexity index is 461. The number of hydrogen-bond donors (Lipinski definition) is 2. The van der Waals surface area contributed by atoms with Crippen LogP contribution in [0.5, 0.6) is 5.75 Å². The number of hydrogen-bond acceptors (Lipinski definition) is 4. The summed E-state index contributed by atoms with van der Waals surface area (Å²) in [7, 11) is 0. The third-order valence-corrected chi connectivity index (χ3v) is 4.01. The molecular weight excluding hydrogens is 310 g/mol. The molecule has 0 radical (unpaired) electrons. The monoisotopic (exact) mass is 337 g/mol. The summed E-state index contributed by atoms with van der Waals surface area (Å²) >= 11 is 5.26. The van der Waals surface area contributed by atoms with Gasteiger partial charge in [0, 0.05) is 19.6 Å². The molecule has 1 heterocycles. The van der Waals surface area contributed by atoms with E-state index in [0.717, 1.165) is 51.6 Å². The second-order valence-electron chi connectivity index (χ2n) is 5.65. The van der Waals surface area contributed by atoms with Gasteiger partial charge in [-0.2, -0.15) is 0 Å². The lowest BCUT2D eigenvalue weighted by Gasteiger charge is -2.26. The van der Waals surface area contributed by atoms with Crippen molar-refractivity contribution in [3.8, 4) is 5.75 Å². The maximum Gasteiger partial charge on any atom is 0.166 e. The molecule has 0 unspecified atom stereocenters. The van der Waals surface area contributed by atoms with E-state index in [9.17, 15) is 0 Å². The van der Waals surface area contributed by atoms with E-state index in [0.29, 0.717) is 18.3 Å². The number of benzene rings is 1. The fraction of sp³-hybridized carbons (Fsp3) is 0.588. The molecule has 1 aromatic carbocycles. The van der Waals surface area contributed by atoms with Crippen molar-refractivity contribution < 1.29 is 9.47 Å². The van der Waals surface area contributed by atoms with Gasteiger partial charge in [0.15, 0.2) is 5.11 Å². The molecule has 0 amide bonds. The largest absolute Gasteiger partial charge is 0.492 e. The maximum absolute atomic E-state index is 5.65. The molecule has 128 valence electrons. The summed E-state index contributed by atoms with van der Waals surface area (Å²) in [5.41, 5.74) is 1.23. The van der Waals surface area contributed by atoms with Crippen molar-refractivity contribution in [2.24, 2.45) is 0 Å². The third-order valence-electron chi connectivity index (χ3n) is 3.72. The van der Waals surface area contributed by atoms with Crippen molar-refractivity contribution in [3.05, 3.63) is 29.8 Å². The summed E-state index contributed by atoms with van der Waals surface area (Å²) in [6.45, 7) is 9.13. The highest BCUT2D eigenvalue weighted by Gasteiger charge is 2.09. The Hall–Kier alpha value is -1.37. The standard InChI is InChI=1S/C17H27N3O2S/c1-15-3-5-16(6-4-15)22-12-8-19-17(23)18-7-2-9-20-10-13-21-14-11-20/h3-6H,2,7-14H2,1H3,(H2,18,19,23). The Labute approximate surface area is 144 Å². The predicted molar refractivity (Wildman–Crippen MR) is 97.2 cm³/mol. The molecule has 2 N–H and O–H groups in total. The van der Waals surface area contributed by atoms with Gasteiger partial charge in [-0.1, -0.05) is 17.7 Å². The van der Waals surface area contributed by atoms with Crippen LogP contribution in [0.15, 0.2) is 24.3 Å². The van der Waals surface area contributed by atoms with E-state index >= 15 is 0 Å². The van der Waals surface area contributed by atoms with Gasteiger partial charge in [0.25, 0.3) is 0 Å². The SMILES string of the molecule is Cc1ccc(OCCNC(=S)NCCCN2CCOCC2)cc1. The summed E-state index contributed by atoms with van der Waals surface area (Å²) < 4.78 is 11.0. The van der Waals surface area contributed by atoms with Crippen LogP contribution in [0.1, 0.15) is 12.0 Å². The lowest BCUT2D eigenvalue weighted by molar-refractivity contribution is 0.0376. The van der Waals surface area contributed by atoms with Gasteiger partial charge in [-0.3, -0.25) is 4.90 Å². The highest BCUT2D eigenvalue weighted by atomic mass is 32.1. The fourth-order valence-electron chi connectivity index (χ4n) is 2.36. The number of ether oxygens (including phenoxy) is 2. The van der Waals surface area contributed by atoms with Gasteiger partial charge in [0.2, 0.25) is 0 Å². The van der Waals surface area contributed by atoms with Crippen molar-refractivity contribution in [3.63, 3.8) is 0 Å². The molecule has 5 nitrogen and oxygen atoms in total. The number of thiocarbonyl (C=S) groups is 1. The molecule has 2 rings (SSSR count). The molecule has 0 aromatic heterocycles. The first-order chi connectivity index (χ1) is 11.2. The van der Waals surface area contributed by atoms with Gasteiger partial charge in [-0.15, -0.1) is 0 Å². The number of aryl methyl sites for hydroxylation is 1. The zero-order valence-corrected chi connectivity index (χ0v) is 14.7. The molecule has 6 heteroatoms. The Morgan fingerprint density at radius 1 is 1.17 bits per heavy atom. The van der Waals surface area contributed by atoms with Crippen LogP contribution in [0.2, 0.25) is 0 Å². The summed E-state index contributed by atoms with van der Waals surface area (Å²) in [4.78, 5) is 2.43. The van der Waals surface area contributed by atoms with Gasteiger partial charge in [-0.25, -0.2) is 0 Å². The Morgan fingerprint density at radius 3 is 2.61 bits per heavy atom. The fourth-order valence-corrected chi connectivity index (χ4v) is 2.56. The van der Waals surface area contributed by atoms with Gasteiger partial charge < -0.3 is 20.1 Å². The van der Waals surface area contributed by atoms with E-state index in [2.05, 4.69) is 22.5 Å². The molecular formula is C17H27N3O2S. The van der Waals surface area contributed by atoms with Crippen LogP contribution >= 0.6 is 12.2 Å². The van der Waals surface area contributed by atoms with Crippen LogP contribution in [-0.2, 0) is 4.74 Å². The zero-order chi connectivity index (χ0) is 16.3. The average molecular weight is 337 g/mol. The maximum atomic E-state index is 5.65. The first kappa shape index (κ1) is 18.0. The molecule has 0 saturated carbocycles. The summed E-state index contributed by atoms with van der Waals surface area (Å²) in [5.74, 6) is 0.891. The van der Waals surface area contributed by atoms with Crippen LogP contribution < -0.4 is 15.4 Å². The van der Waals surface area contributed by atoms with E-state index in [-0.39, 0.29) is 0 Å². The third kappa shape index (κ3) is 7.63. The molecule has 0 atom stereocenters. The van der Waals surface area contributed by atoms with Crippen LogP contribution in [-0.4, -0.2) is 62.6 Å². The molecule has 1 saturated heterocycles. The van der Waals surface area contributed by atoms with Crippen LogP contribution in [0.4, 0.5) is 0 Å². The van der Waals surface area contributed by atoms with E-state index in [1.54, 1.807) is 0 Å². The summed E-state index contributed by atoms with van der Waals surface area (Å²) in [5, 5.41) is 7.09. The first-order valence-corrected chi connectivity index (χ1v) is 8.66. The van der Waals surface area contributed by atoms with Crippen LogP contribution in [0.3, 0.4) is 0 Å². The van der Waals surface area contributed by atoms with E-state index in [1.807, 2.05) is 24.3 Å². The molecule has 1 aromatic rings. The summed E-state index contributed by atoms with van der Waals surface area (Å²) in [6.07, 6.45) is 1.09.